The number of nitrogens with zero attached hydrogens (tertiary/aromatic N) is 2. The Hall–Kier alpha value is -1.78. The number of amides is 1. The molecular weight excluding hydrogens is 204 g/mol. The van der Waals surface area contributed by atoms with E-state index in [0.29, 0.717) is 11.5 Å². The number of pyridine rings is 1. The van der Waals surface area contributed by atoms with E-state index in [1.807, 2.05) is 0 Å². The molecule has 0 spiro atoms. The molecule has 0 aromatic carbocycles. The van der Waals surface area contributed by atoms with Crippen LogP contribution in [-0.4, -0.2) is 24.0 Å². The first-order valence-corrected chi connectivity index (χ1v) is 5.50. The van der Waals surface area contributed by atoms with E-state index >= 15 is 0 Å². The third-order valence-corrected chi connectivity index (χ3v) is 2.81. The Morgan fingerprint density at radius 2 is 1.94 bits per heavy atom. The minimum Gasteiger partial charge on any atom is -0.396 e. The second-order valence-electron chi connectivity index (χ2n) is 4.02. The molecule has 0 unspecified atom stereocenters. The molecule has 1 aliphatic heterocycles. The molecule has 4 N–H and O–H groups in total. The van der Waals surface area contributed by atoms with Gasteiger partial charge in [0.2, 0.25) is 0 Å². The van der Waals surface area contributed by atoms with Crippen molar-refractivity contribution >= 4 is 17.4 Å². The molecule has 5 nitrogen and oxygen atoms in total. The minimum atomic E-state index is -0.516. The van der Waals surface area contributed by atoms with Crippen molar-refractivity contribution in [1.82, 2.24) is 4.98 Å². The van der Waals surface area contributed by atoms with Crippen LogP contribution in [-0.2, 0) is 0 Å². The predicted octanol–water partition coefficient (Wildman–Crippen LogP) is 0.753. The minimum absolute atomic E-state index is 0.273. The fourth-order valence-electron chi connectivity index (χ4n) is 1.96. The maximum atomic E-state index is 11.0. The van der Waals surface area contributed by atoms with Crippen molar-refractivity contribution in [3.8, 4) is 0 Å². The molecule has 1 aromatic heterocycles. The first-order chi connectivity index (χ1) is 7.68. The van der Waals surface area contributed by atoms with Gasteiger partial charge in [0, 0.05) is 13.1 Å². The molecule has 0 atom stereocenters. The summed E-state index contributed by atoms with van der Waals surface area (Å²) < 4.78 is 0. The van der Waals surface area contributed by atoms with E-state index in [1.54, 1.807) is 12.1 Å². The lowest BCUT2D eigenvalue weighted by atomic mass is 10.1. The fourth-order valence-corrected chi connectivity index (χ4v) is 1.96. The van der Waals surface area contributed by atoms with Gasteiger partial charge in [-0.15, -0.1) is 0 Å². The van der Waals surface area contributed by atoms with Gasteiger partial charge in [-0.3, -0.25) is 4.79 Å². The van der Waals surface area contributed by atoms with Gasteiger partial charge in [0.15, 0.2) is 5.82 Å². The summed E-state index contributed by atoms with van der Waals surface area (Å²) in [4.78, 5) is 17.4. The number of carbonyl (C=O) groups excluding carboxylic acids is 1. The van der Waals surface area contributed by atoms with Gasteiger partial charge in [-0.05, 0) is 31.4 Å². The van der Waals surface area contributed by atoms with Gasteiger partial charge < -0.3 is 16.4 Å². The van der Waals surface area contributed by atoms with Gasteiger partial charge in [-0.25, -0.2) is 4.98 Å². The van der Waals surface area contributed by atoms with E-state index in [4.69, 9.17) is 11.5 Å². The van der Waals surface area contributed by atoms with E-state index in [9.17, 15) is 4.79 Å². The third-order valence-electron chi connectivity index (χ3n) is 2.81. The lowest BCUT2D eigenvalue weighted by Crippen LogP contribution is -2.31. The molecule has 1 aliphatic rings. The van der Waals surface area contributed by atoms with Crippen molar-refractivity contribution in [3.63, 3.8) is 0 Å². The summed E-state index contributed by atoms with van der Waals surface area (Å²) in [5, 5.41) is 0. The zero-order valence-electron chi connectivity index (χ0n) is 9.15. The number of aromatic nitrogens is 1. The van der Waals surface area contributed by atoms with Crippen molar-refractivity contribution in [3.05, 3.63) is 17.8 Å². The van der Waals surface area contributed by atoms with Crippen LogP contribution in [0, 0.1) is 0 Å². The van der Waals surface area contributed by atoms with Crippen LogP contribution in [0.25, 0.3) is 0 Å². The Labute approximate surface area is 94.4 Å². The smallest absolute Gasteiger partial charge is 0.267 e. The molecule has 0 radical (unpaired) electrons. The number of nitrogens with two attached hydrogens (primary N) is 2. The van der Waals surface area contributed by atoms with Gasteiger partial charge in [-0.2, -0.15) is 0 Å². The van der Waals surface area contributed by atoms with Crippen molar-refractivity contribution in [2.24, 2.45) is 5.73 Å². The number of piperidine rings is 1. The first kappa shape index (κ1) is 10.7. The van der Waals surface area contributed by atoms with Crippen LogP contribution < -0.4 is 16.4 Å². The number of nitrogen functional groups attached to an aromatic ring is 1. The average molecular weight is 220 g/mol. The van der Waals surface area contributed by atoms with E-state index in [2.05, 4.69) is 9.88 Å². The highest BCUT2D eigenvalue weighted by atomic mass is 16.1. The number of rotatable bonds is 2. The summed E-state index contributed by atoms with van der Waals surface area (Å²) in [6.45, 7) is 1.89. The summed E-state index contributed by atoms with van der Waals surface area (Å²) in [5.41, 5.74) is 11.9. The maximum absolute atomic E-state index is 11.0. The largest absolute Gasteiger partial charge is 0.396 e. The maximum Gasteiger partial charge on any atom is 0.267 e. The number of anilines is 2. The zero-order chi connectivity index (χ0) is 11.5. The Morgan fingerprint density at radius 1 is 1.25 bits per heavy atom. The molecular formula is C11H16N4O. The van der Waals surface area contributed by atoms with Crippen molar-refractivity contribution < 1.29 is 4.79 Å². The number of primary amides is 1. The molecule has 2 heterocycles. The van der Waals surface area contributed by atoms with Gasteiger partial charge in [0.05, 0.1) is 5.69 Å². The van der Waals surface area contributed by atoms with Gasteiger partial charge in [0.25, 0.3) is 5.91 Å². The molecule has 1 saturated heterocycles. The SMILES string of the molecule is NC(=O)c1ccc(N)c(N2CCCCC2)n1. The summed E-state index contributed by atoms with van der Waals surface area (Å²) in [6, 6.07) is 3.25. The molecule has 86 valence electrons. The van der Waals surface area contributed by atoms with E-state index in [-0.39, 0.29) is 5.69 Å². The number of hydrogen-bond acceptors (Lipinski definition) is 4. The van der Waals surface area contributed by atoms with Crippen molar-refractivity contribution in [2.75, 3.05) is 23.7 Å². The second kappa shape index (κ2) is 4.38. The summed E-state index contributed by atoms with van der Waals surface area (Å²) >= 11 is 0. The highest BCUT2D eigenvalue weighted by Crippen LogP contribution is 2.24. The predicted molar refractivity (Wildman–Crippen MR) is 63.2 cm³/mol. The highest BCUT2D eigenvalue weighted by Gasteiger charge is 2.16. The average Bonchev–Trinajstić information content (AvgIpc) is 2.30. The van der Waals surface area contributed by atoms with Crippen LogP contribution in [0.2, 0.25) is 0 Å². The van der Waals surface area contributed by atoms with Gasteiger partial charge >= 0.3 is 0 Å². The van der Waals surface area contributed by atoms with E-state index < -0.39 is 5.91 Å². The van der Waals surface area contributed by atoms with Crippen LogP contribution in [0.15, 0.2) is 12.1 Å². The Balaban J connectivity index is 2.30. The number of carbonyl (C=O) groups is 1. The monoisotopic (exact) mass is 220 g/mol. The number of hydrogen-bond donors (Lipinski definition) is 2. The van der Waals surface area contributed by atoms with Crippen LogP contribution in [0.1, 0.15) is 29.8 Å². The lowest BCUT2D eigenvalue weighted by Gasteiger charge is -2.28. The van der Waals surface area contributed by atoms with Crippen molar-refractivity contribution in [1.29, 1.82) is 0 Å². The molecule has 5 heteroatoms. The molecule has 1 amide bonds. The molecule has 0 bridgehead atoms. The molecule has 1 aromatic rings. The molecule has 1 fully saturated rings. The quantitative estimate of drug-likeness (QED) is 0.770. The highest BCUT2D eigenvalue weighted by molar-refractivity contribution is 5.91. The topological polar surface area (TPSA) is 85.2 Å². The van der Waals surface area contributed by atoms with Crippen LogP contribution in [0.3, 0.4) is 0 Å². The molecule has 0 saturated carbocycles. The van der Waals surface area contributed by atoms with Crippen LogP contribution in [0.4, 0.5) is 11.5 Å². The zero-order valence-corrected chi connectivity index (χ0v) is 9.15. The Kier molecular flexibility index (Phi) is 2.94. The Morgan fingerprint density at radius 3 is 2.56 bits per heavy atom. The first-order valence-electron chi connectivity index (χ1n) is 5.50. The lowest BCUT2D eigenvalue weighted by molar-refractivity contribution is 0.0995. The normalized spacial score (nSPS) is 16.1. The molecule has 0 aliphatic carbocycles. The molecule has 16 heavy (non-hydrogen) atoms. The van der Waals surface area contributed by atoms with E-state index in [0.717, 1.165) is 25.9 Å². The van der Waals surface area contributed by atoms with Crippen LogP contribution in [0.5, 0.6) is 0 Å². The summed E-state index contributed by atoms with van der Waals surface area (Å²) in [5.74, 6) is 0.175. The van der Waals surface area contributed by atoms with Crippen LogP contribution >= 0.6 is 0 Å². The van der Waals surface area contributed by atoms with Gasteiger partial charge in [0.1, 0.15) is 5.69 Å². The fraction of sp³-hybridized carbons (Fsp3) is 0.455. The van der Waals surface area contributed by atoms with E-state index in [1.165, 1.54) is 6.42 Å². The molecule has 2 rings (SSSR count). The summed E-state index contributed by atoms with van der Waals surface area (Å²) in [7, 11) is 0. The van der Waals surface area contributed by atoms with Crippen molar-refractivity contribution in [2.45, 2.75) is 19.3 Å². The standard InChI is InChI=1S/C11H16N4O/c12-8-4-5-9(10(13)16)14-11(8)15-6-2-1-3-7-15/h4-5H,1-3,6-7,12H2,(H2,13,16). The Bertz CT molecular complexity index is 399. The summed E-state index contributed by atoms with van der Waals surface area (Å²) in [6.07, 6.45) is 3.52. The van der Waals surface area contributed by atoms with Gasteiger partial charge in [-0.1, -0.05) is 0 Å². The third kappa shape index (κ3) is 2.08. The second-order valence-corrected chi connectivity index (χ2v) is 4.02.